The van der Waals surface area contributed by atoms with Gasteiger partial charge in [-0.25, -0.2) is 0 Å². The van der Waals surface area contributed by atoms with Gasteiger partial charge < -0.3 is 0 Å². The molecular formula is C16H27N. The van der Waals surface area contributed by atoms with Crippen LogP contribution in [0.5, 0.6) is 0 Å². The molecule has 0 amide bonds. The van der Waals surface area contributed by atoms with Gasteiger partial charge in [-0.05, 0) is 50.4 Å². The normalized spacial score (nSPS) is 35.4. The first-order valence-electron chi connectivity index (χ1n) is 7.72. The van der Waals surface area contributed by atoms with Gasteiger partial charge in [0, 0.05) is 0 Å². The van der Waals surface area contributed by atoms with E-state index in [0.717, 1.165) is 11.8 Å². The number of nitrogens with zero attached hydrogens (tertiary/aromatic N) is 1. The Morgan fingerprint density at radius 2 is 1.71 bits per heavy atom. The van der Waals surface area contributed by atoms with Crippen LogP contribution in [0.4, 0.5) is 0 Å². The third kappa shape index (κ3) is 2.84. The quantitative estimate of drug-likeness (QED) is 0.668. The van der Waals surface area contributed by atoms with E-state index in [1.54, 1.807) is 0 Å². The molecule has 0 aromatic rings. The van der Waals surface area contributed by atoms with E-state index in [-0.39, 0.29) is 5.41 Å². The molecule has 0 unspecified atom stereocenters. The van der Waals surface area contributed by atoms with Crippen LogP contribution in [0, 0.1) is 28.6 Å². The van der Waals surface area contributed by atoms with Crippen LogP contribution < -0.4 is 0 Å². The highest BCUT2D eigenvalue weighted by atomic mass is 14.5. The Morgan fingerprint density at radius 3 is 2.24 bits per heavy atom. The van der Waals surface area contributed by atoms with Gasteiger partial charge in [-0.1, -0.05) is 39.0 Å². The van der Waals surface area contributed by atoms with Crippen LogP contribution in [-0.2, 0) is 0 Å². The smallest absolute Gasteiger partial charge is 0.0692 e. The second-order valence-corrected chi connectivity index (χ2v) is 6.33. The van der Waals surface area contributed by atoms with Crippen molar-refractivity contribution in [3.8, 4) is 6.07 Å². The summed E-state index contributed by atoms with van der Waals surface area (Å²) >= 11 is 0. The van der Waals surface area contributed by atoms with Crippen molar-refractivity contribution in [3.63, 3.8) is 0 Å². The van der Waals surface area contributed by atoms with Crippen molar-refractivity contribution in [2.75, 3.05) is 0 Å². The summed E-state index contributed by atoms with van der Waals surface area (Å²) in [5.41, 5.74) is 0.0741. The molecule has 17 heavy (non-hydrogen) atoms. The lowest BCUT2D eigenvalue weighted by molar-refractivity contribution is 0.100. The second-order valence-electron chi connectivity index (χ2n) is 6.33. The molecule has 2 rings (SSSR count). The summed E-state index contributed by atoms with van der Waals surface area (Å²) in [6, 6.07) is 2.75. The SMILES string of the molecule is CCCC1CCC(C#N)(C2CCCCC2)CC1. The van der Waals surface area contributed by atoms with E-state index in [4.69, 9.17) is 0 Å². The first-order valence-corrected chi connectivity index (χ1v) is 7.72. The zero-order chi connectivity index (χ0) is 12.1. The molecule has 1 heteroatoms. The number of rotatable bonds is 3. The summed E-state index contributed by atoms with van der Waals surface area (Å²) in [5.74, 6) is 1.65. The third-order valence-corrected chi connectivity index (χ3v) is 5.30. The number of hydrogen-bond donors (Lipinski definition) is 0. The highest BCUT2D eigenvalue weighted by Gasteiger charge is 2.42. The van der Waals surface area contributed by atoms with E-state index in [0.29, 0.717) is 0 Å². The van der Waals surface area contributed by atoms with E-state index in [1.807, 2.05) is 0 Å². The zero-order valence-electron chi connectivity index (χ0n) is 11.4. The molecule has 0 heterocycles. The fourth-order valence-electron chi connectivity index (χ4n) is 4.16. The maximum Gasteiger partial charge on any atom is 0.0692 e. The zero-order valence-corrected chi connectivity index (χ0v) is 11.4. The van der Waals surface area contributed by atoms with Gasteiger partial charge >= 0.3 is 0 Å². The Morgan fingerprint density at radius 1 is 1.06 bits per heavy atom. The van der Waals surface area contributed by atoms with Crippen LogP contribution >= 0.6 is 0 Å². The van der Waals surface area contributed by atoms with Crippen LogP contribution in [0.25, 0.3) is 0 Å². The molecule has 0 spiro atoms. The Bertz CT molecular complexity index is 262. The molecule has 2 aliphatic rings. The Hall–Kier alpha value is -0.510. The molecule has 96 valence electrons. The number of hydrogen-bond acceptors (Lipinski definition) is 1. The highest BCUT2D eigenvalue weighted by molar-refractivity contribution is 5.05. The Labute approximate surface area is 107 Å². The largest absolute Gasteiger partial charge is 0.198 e. The van der Waals surface area contributed by atoms with Crippen molar-refractivity contribution >= 4 is 0 Å². The topological polar surface area (TPSA) is 23.8 Å². The van der Waals surface area contributed by atoms with Gasteiger partial charge in [0.05, 0.1) is 11.5 Å². The van der Waals surface area contributed by atoms with Gasteiger partial charge in [-0.3, -0.25) is 0 Å². The van der Waals surface area contributed by atoms with Gasteiger partial charge in [0.25, 0.3) is 0 Å². The van der Waals surface area contributed by atoms with Crippen molar-refractivity contribution in [2.24, 2.45) is 17.3 Å². The van der Waals surface area contributed by atoms with Crippen LogP contribution in [-0.4, -0.2) is 0 Å². The minimum absolute atomic E-state index is 0.0741. The molecule has 1 nitrogen and oxygen atoms in total. The van der Waals surface area contributed by atoms with Crippen LogP contribution in [0.2, 0.25) is 0 Å². The Kier molecular flexibility index (Phi) is 4.48. The van der Waals surface area contributed by atoms with E-state index in [2.05, 4.69) is 13.0 Å². The predicted octanol–water partition coefficient (Wildman–Crippen LogP) is 5.07. The standard InChI is InChI=1S/C16H27N/c1-2-6-14-9-11-16(13-17,12-10-14)15-7-4-3-5-8-15/h14-15H,2-12H2,1H3. The summed E-state index contributed by atoms with van der Waals surface area (Å²) in [6.07, 6.45) is 14.5. The molecular weight excluding hydrogens is 206 g/mol. The third-order valence-electron chi connectivity index (χ3n) is 5.30. The molecule has 0 aliphatic heterocycles. The monoisotopic (exact) mass is 233 g/mol. The Balaban J connectivity index is 1.95. The molecule has 0 bridgehead atoms. The minimum atomic E-state index is 0.0741. The molecule has 0 radical (unpaired) electrons. The molecule has 0 aromatic heterocycles. The van der Waals surface area contributed by atoms with Gasteiger partial charge in [0.15, 0.2) is 0 Å². The summed E-state index contributed by atoms with van der Waals surface area (Å²) in [6.45, 7) is 2.29. The van der Waals surface area contributed by atoms with Crippen molar-refractivity contribution < 1.29 is 0 Å². The van der Waals surface area contributed by atoms with Crippen LogP contribution in [0.1, 0.15) is 77.6 Å². The van der Waals surface area contributed by atoms with Crippen LogP contribution in [0.3, 0.4) is 0 Å². The molecule has 2 aliphatic carbocycles. The lowest BCUT2D eigenvalue weighted by Gasteiger charge is -2.42. The highest BCUT2D eigenvalue weighted by Crippen LogP contribution is 2.49. The van der Waals surface area contributed by atoms with Gasteiger partial charge in [-0.2, -0.15) is 5.26 Å². The average molecular weight is 233 g/mol. The molecule has 0 atom stereocenters. The predicted molar refractivity (Wildman–Crippen MR) is 71.5 cm³/mol. The van der Waals surface area contributed by atoms with Crippen molar-refractivity contribution in [2.45, 2.75) is 77.6 Å². The lowest BCUT2D eigenvalue weighted by atomic mass is 9.60. The van der Waals surface area contributed by atoms with E-state index in [1.165, 1.54) is 70.6 Å². The first kappa shape index (κ1) is 12.9. The summed E-state index contributed by atoms with van der Waals surface area (Å²) in [4.78, 5) is 0. The lowest BCUT2D eigenvalue weighted by Crippen LogP contribution is -2.35. The molecule has 2 saturated carbocycles. The second kappa shape index (κ2) is 5.89. The van der Waals surface area contributed by atoms with Gasteiger partial charge in [-0.15, -0.1) is 0 Å². The summed E-state index contributed by atoms with van der Waals surface area (Å²) < 4.78 is 0. The van der Waals surface area contributed by atoms with Crippen LogP contribution in [0.15, 0.2) is 0 Å². The average Bonchev–Trinajstić information content (AvgIpc) is 2.41. The summed E-state index contributed by atoms with van der Waals surface area (Å²) in [5, 5.41) is 9.66. The molecule has 0 saturated heterocycles. The molecule has 0 aromatic carbocycles. The van der Waals surface area contributed by atoms with Crippen molar-refractivity contribution in [3.05, 3.63) is 0 Å². The fraction of sp³-hybridized carbons (Fsp3) is 0.938. The van der Waals surface area contributed by atoms with E-state index >= 15 is 0 Å². The maximum absolute atomic E-state index is 9.66. The summed E-state index contributed by atoms with van der Waals surface area (Å²) in [7, 11) is 0. The van der Waals surface area contributed by atoms with E-state index in [9.17, 15) is 5.26 Å². The maximum atomic E-state index is 9.66. The minimum Gasteiger partial charge on any atom is -0.198 e. The number of nitriles is 1. The van der Waals surface area contributed by atoms with Crippen molar-refractivity contribution in [1.29, 1.82) is 5.26 Å². The molecule has 0 N–H and O–H groups in total. The van der Waals surface area contributed by atoms with Gasteiger partial charge in [0.1, 0.15) is 0 Å². The first-order chi connectivity index (χ1) is 8.30. The van der Waals surface area contributed by atoms with Crippen molar-refractivity contribution in [1.82, 2.24) is 0 Å². The molecule has 2 fully saturated rings. The van der Waals surface area contributed by atoms with Gasteiger partial charge in [0.2, 0.25) is 0 Å². The fourth-order valence-corrected chi connectivity index (χ4v) is 4.16. The van der Waals surface area contributed by atoms with E-state index < -0.39 is 0 Å².